The zero-order chi connectivity index (χ0) is 18.8. The van der Waals surface area contributed by atoms with Crippen LogP contribution in [0.4, 0.5) is 15.8 Å². The summed E-state index contributed by atoms with van der Waals surface area (Å²) >= 11 is 11.7. The van der Waals surface area contributed by atoms with E-state index in [1.165, 1.54) is 35.2 Å². The highest BCUT2D eigenvalue weighted by atomic mass is 35.5. The molecule has 2 aromatic rings. The number of benzene rings is 2. The summed E-state index contributed by atoms with van der Waals surface area (Å²) in [5, 5.41) is 11.7. The second-order valence-corrected chi connectivity index (χ2v) is 6.61. The molecule has 1 aliphatic heterocycles. The Morgan fingerprint density at radius 2 is 2.00 bits per heavy atom. The van der Waals surface area contributed by atoms with Crippen LogP contribution in [0.5, 0.6) is 0 Å². The van der Waals surface area contributed by atoms with Crippen LogP contribution in [0.3, 0.4) is 0 Å². The molecule has 2 aromatic carbocycles. The molecular formula is C18H12Cl2FN3O2. The SMILES string of the molecule is N#Cc1ccc(NC(=O)C2CC(=O)N(c3ccc(F)c(Cl)c3)C2)cc1Cl. The van der Waals surface area contributed by atoms with E-state index in [1.54, 1.807) is 6.07 Å². The van der Waals surface area contributed by atoms with E-state index in [0.29, 0.717) is 16.9 Å². The largest absolute Gasteiger partial charge is 0.326 e. The fourth-order valence-corrected chi connectivity index (χ4v) is 3.11. The first-order chi connectivity index (χ1) is 12.4. The number of anilines is 2. The normalized spacial score (nSPS) is 16.5. The number of amides is 2. The predicted octanol–water partition coefficient (Wildman–Crippen LogP) is 4.00. The van der Waals surface area contributed by atoms with Crippen molar-refractivity contribution in [2.45, 2.75) is 6.42 Å². The molecule has 0 bridgehead atoms. The maximum Gasteiger partial charge on any atom is 0.229 e. The second kappa shape index (κ2) is 7.32. The lowest BCUT2D eigenvalue weighted by Crippen LogP contribution is -2.28. The van der Waals surface area contributed by atoms with Gasteiger partial charge < -0.3 is 10.2 Å². The topological polar surface area (TPSA) is 73.2 Å². The third-order valence-corrected chi connectivity index (χ3v) is 4.67. The minimum absolute atomic E-state index is 0.0326. The zero-order valence-corrected chi connectivity index (χ0v) is 14.8. The summed E-state index contributed by atoms with van der Waals surface area (Å²) in [5.41, 5.74) is 1.19. The van der Waals surface area contributed by atoms with Gasteiger partial charge in [-0.1, -0.05) is 23.2 Å². The van der Waals surface area contributed by atoms with Gasteiger partial charge in [-0.3, -0.25) is 9.59 Å². The van der Waals surface area contributed by atoms with Crippen molar-refractivity contribution in [3.8, 4) is 6.07 Å². The Morgan fingerprint density at radius 1 is 1.23 bits per heavy atom. The molecule has 0 spiro atoms. The number of hydrogen-bond acceptors (Lipinski definition) is 3. The van der Waals surface area contributed by atoms with Crippen LogP contribution in [0, 0.1) is 23.1 Å². The minimum Gasteiger partial charge on any atom is -0.326 e. The first-order valence-corrected chi connectivity index (χ1v) is 8.40. The number of carbonyl (C=O) groups excluding carboxylic acids is 2. The summed E-state index contributed by atoms with van der Waals surface area (Å²) in [6.07, 6.45) is 0.0326. The quantitative estimate of drug-likeness (QED) is 0.859. The molecule has 1 fully saturated rings. The van der Waals surface area contributed by atoms with Crippen LogP contribution >= 0.6 is 23.2 Å². The average molecular weight is 392 g/mol. The molecule has 0 saturated carbocycles. The van der Waals surface area contributed by atoms with E-state index in [4.69, 9.17) is 28.5 Å². The van der Waals surface area contributed by atoms with Crippen LogP contribution < -0.4 is 10.2 Å². The first kappa shape index (κ1) is 18.2. The summed E-state index contributed by atoms with van der Waals surface area (Å²) in [5.74, 6) is -1.73. The molecule has 1 N–H and O–H groups in total. The molecule has 1 atom stereocenters. The van der Waals surface area contributed by atoms with Crippen LogP contribution in [0.2, 0.25) is 10.0 Å². The number of nitriles is 1. The van der Waals surface area contributed by atoms with Gasteiger partial charge in [-0.25, -0.2) is 4.39 Å². The summed E-state index contributed by atoms with van der Waals surface area (Å²) in [6.45, 7) is 0.163. The number of carbonyl (C=O) groups is 2. The molecule has 0 aromatic heterocycles. The first-order valence-electron chi connectivity index (χ1n) is 7.65. The fourth-order valence-electron chi connectivity index (χ4n) is 2.71. The Balaban J connectivity index is 1.71. The van der Waals surface area contributed by atoms with E-state index in [0.717, 1.165) is 0 Å². The van der Waals surface area contributed by atoms with Crippen molar-refractivity contribution in [2.24, 2.45) is 5.92 Å². The number of hydrogen-bond donors (Lipinski definition) is 1. The highest BCUT2D eigenvalue weighted by Crippen LogP contribution is 2.29. The number of halogens is 3. The molecule has 1 heterocycles. The van der Waals surface area contributed by atoms with Gasteiger partial charge in [-0.05, 0) is 36.4 Å². The van der Waals surface area contributed by atoms with E-state index in [1.807, 2.05) is 6.07 Å². The summed E-state index contributed by atoms with van der Waals surface area (Å²) in [6, 6.07) is 10.5. The van der Waals surface area contributed by atoms with Gasteiger partial charge in [-0.2, -0.15) is 5.26 Å². The predicted molar refractivity (Wildman–Crippen MR) is 96.7 cm³/mol. The van der Waals surface area contributed by atoms with Crippen molar-refractivity contribution in [1.29, 1.82) is 5.26 Å². The van der Waals surface area contributed by atoms with E-state index < -0.39 is 11.7 Å². The van der Waals surface area contributed by atoms with Gasteiger partial charge in [-0.15, -0.1) is 0 Å². The monoisotopic (exact) mass is 391 g/mol. The number of rotatable bonds is 3. The Bertz CT molecular complexity index is 943. The van der Waals surface area contributed by atoms with E-state index in [2.05, 4.69) is 5.32 Å². The Kier molecular flexibility index (Phi) is 5.12. The van der Waals surface area contributed by atoms with Crippen molar-refractivity contribution in [1.82, 2.24) is 0 Å². The molecule has 5 nitrogen and oxygen atoms in total. The Labute approximate surface area is 158 Å². The van der Waals surface area contributed by atoms with Crippen molar-refractivity contribution >= 4 is 46.4 Å². The molecule has 1 saturated heterocycles. The third kappa shape index (κ3) is 3.64. The van der Waals surface area contributed by atoms with Crippen LogP contribution in [0.1, 0.15) is 12.0 Å². The lowest BCUT2D eigenvalue weighted by Gasteiger charge is -2.17. The Hall–Kier alpha value is -2.62. The molecule has 0 radical (unpaired) electrons. The maximum atomic E-state index is 13.3. The van der Waals surface area contributed by atoms with Crippen molar-refractivity contribution < 1.29 is 14.0 Å². The molecule has 26 heavy (non-hydrogen) atoms. The van der Waals surface area contributed by atoms with Gasteiger partial charge in [0.05, 0.1) is 21.5 Å². The van der Waals surface area contributed by atoms with E-state index >= 15 is 0 Å². The van der Waals surface area contributed by atoms with Gasteiger partial charge in [0.1, 0.15) is 11.9 Å². The average Bonchev–Trinajstić information content (AvgIpc) is 2.99. The van der Waals surface area contributed by atoms with Gasteiger partial charge in [0.2, 0.25) is 11.8 Å². The number of nitrogens with zero attached hydrogens (tertiary/aromatic N) is 2. The summed E-state index contributed by atoms with van der Waals surface area (Å²) in [4.78, 5) is 26.1. The van der Waals surface area contributed by atoms with Crippen LogP contribution in [0.25, 0.3) is 0 Å². The fraction of sp³-hybridized carbons (Fsp3) is 0.167. The van der Waals surface area contributed by atoms with E-state index in [-0.39, 0.29) is 34.8 Å². The standard InChI is InChI=1S/C18H12Cl2FN3O2/c19-14-6-12(2-1-10(14)8-22)23-18(26)11-5-17(25)24(9-11)13-3-4-16(21)15(20)7-13/h1-4,6-7,11H,5,9H2,(H,23,26). The molecule has 1 aliphatic rings. The van der Waals surface area contributed by atoms with Gasteiger partial charge >= 0.3 is 0 Å². The summed E-state index contributed by atoms with van der Waals surface area (Å²) in [7, 11) is 0. The minimum atomic E-state index is -0.575. The third-order valence-electron chi connectivity index (χ3n) is 4.07. The molecular weight excluding hydrogens is 380 g/mol. The van der Waals surface area contributed by atoms with Crippen molar-refractivity contribution in [3.05, 3.63) is 57.8 Å². The molecule has 3 rings (SSSR count). The molecule has 1 unspecified atom stereocenters. The highest BCUT2D eigenvalue weighted by Gasteiger charge is 2.35. The molecule has 8 heteroatoms. The maximum absolute atomic E-state index is 13.3. The lowest BCUT2D eigenvalue weighted by atomic mass is 10.1. The van der Waals surface area contributed by atoms with E-state index in [9.17, 15) is 14.0 Å². The molecule has 132 valence electrons. The van der Waals surface area contributed by atoms with Gasteiger partial charge in [0, 0.05) is 24.3 Å². The van der Waals surface area contributed by atoms with Crippen LogP contribution in [-0.4, -0.2) is 18.4 Å². The zero-order valence-electron chi connectivity index (χ0n) is 13.3. The molecule has 0 aliphatic carbocycles. The van der Waals surface area contributed by atoms with Gasteiger partial charge in [0.25, 0.3) is 0 Å². The Morgan fingerprint density at radius 3 is 2.65 bits per heavy atom. The van der Waals surface area contributed by atoms with Crippen LogP contribution in [0.15, 0.2) is 36.4 Å². The lowest BCUT2D eigenvalue weighted by molar-refractivity contribution is -0.122. The smallest absolute Gasteiger partial charge is 0.229 e. The van der Waals surface area contributed by atoms with Crippen molar-refractivity contribution in [3.63, 3.8) is 0 Å². The van der Waals surface area contributed by atoms with Gasteiger partial charge in [0.15, 0.2) is 0 Å². The van der Waals surface area contributed by atoms with Crippen LogP contribution in [-0.2, 0) is 9.59 Å². The van der Waals surface area contributed by atoms with Crippen molar-refractivity contribution in [2.75, 3.05) is 16.8 Å². The number of nitrogens with one attached hydrogen (secondary N) is 1. The molecule has 2 amide bonds. The summed E-state index contributed by atoms with van der Waals surface area (Å²) < 4.78 is 13.3. The highest BCUT2D eigenvalue weighted by molar-refractivity contribution is 6.32. The second-order valence-electron chi connectivity index (χ2n) is 5.80.